The van der Waals surface area contributed by atoms with Crippen molar-refractivity contribution in [1.29, 1.82) is 0 Å². The summed E-state index contributed by atoms with van der Waals surface area (Å²) in [6.45, 7) is 6.06. The van der Waals surface area contributed by atoms with Crippen molar-refractivity contribution in [3.63, 3.8) is 0 Å². The lowest BCUT2D eigenvalue weighted by atomic mass is 10.1. The van der Waals surface area contributed by atoms with Crippen LogP contribution in [0.5, 0.6) is 5.75 Å². The van der Waals surface area contributed by atoms with Crippen LogP contribution in [0.25, 0.3) is 0 Å². The van der Waals surface area contributed by atoms with Gasteiger partial charge in [-0.1, -0.05) is 19.9 Å². The SMILES string of the molecule is COc1ccc(CN(CC(N)=O)CC(C)C)cc1Br. The molecule has 0 spiro atoms. The van der Waals surface area contributed by atoms with Crippen LogP contribution in [-0.4, -0.2) is 31.0 Å². The molecule has 0 aromatic heterocycles. The second kappa shape index (κ2) is 7.50. The normalized spacial score (nSPS) is 11.1. The van der Waals surface area contributed by atoms with E-state index in [2.05, 4.69) is 34.7 Å². The summed E-state index contributed by atoms with van der Waals surface area (Å²) in [7, 11) is 1.64. The number of nitrogens with two attached hydrogens (primary N) is 1. The third-order valence-corrected chi connectivity index (χ3v) is 3.24. The fourth-order valence-corrected chi connectivity index (χ4v) is 2.58. The molecule has 0 saturated carbocycles. The van der Waals surface area contributed by atoms with Gasteiger partial charge in [0.15, 0.2) is 0 Å². The number of nitrogens with zero attached hydrogens (tertiary/aromatic N) is 1. The van der Waals surface area contributed by atoms with Gasteiger partial charge in [0.25, 0.3) is 0 Å². The number of carbonyl (C=O) groups excluding carboxylic acids is 1. The molecule has 0 atom stereocenters. The Hall–Kier alpha value is -1.07. The largest absolute Gasteiger partial charge is 0.496 e. The maximum atomic E-state index is 11.1. The number of hydrogen-bond donors (Lipinski definition) is 1. The number of ether oxygens (including phenoxy) is 1. The lowest BCUT2D eigenvalue weighted by Gasteiger charge is -2.23. The molecule has 0 aliphatic rings. The summed E-state index contributed by atoms with van der Waals surface area (Å²) >= 11 is 3.46. The van der Waals surface area contributed by atoms with Gasteiger partial charge >= 0.3 is 0 Å². The first-order valence-corrected chi connectivity index (χ1v) is 7.04. The topological polar surface area (TPSA) is 55.6 Å². The van der Waals surface area contributed by atoms with E-state index in [9.17, 15) is 4.79 Å². The predicted octanol–water partition coefficient (Wildman–Crippen LogP) is 2.40. The fourth-order valence-electron chi connectivity index (χ4n) is 1.99. The molecule has 0 radical (unpaired) electrons. The van der Waals surface area contributed by atoms with Gasteiger partial charge in [-0.3, -0.25) is 9.69 Å². The van der Waals surface area contributed by atoms with Crippen molar-refractivity contribution in [2.75, 3.05) is 20.2 Å². The summed E-state index contributed by atoms with van der Waals surface area (Å²) < 4.78 is 6.11. The Labute approximate surface area is 123 Å². The van der Waals surface area contributed by atoms with E-state index in [1.54, 1.807) is 7.11 Å². The highest BCUT2D eigenvalue weighted by Gasteiger charge is 2.12. The molecule has 1 aromatic rings. The molecule has 4 nitrogen and oxygen atoms in total. The van der Waals surface area contributed by atoms with Gasteiger partial charge in [0, 0.05) is 13.1 Å². The molecule has 1 rings (SSSR count). The number of carbonyl (C=O) groups is 1. The first-order chi connectivity index (χ1) is 8.92. The zero-order chi connectivity index (χ0) is 14.4. The van der Waals surface area contributed by atoms with Crippen molar-refractivity contribution in [3.8, 4) is 5.75 Å². The highest BCUT2D eigenvalue weighted by Crippen LogP contribution is 2.26. The van der Waals surface area contributed by atoms with Gasteiger partial charge in [0.05, 0.1) is 18.1 Å². The average Bonchev–Trinajstić information content (AvgIpc) is 2.27. The lowest BCUT2D eigenvalue weighted by Crippen LogP contribution is -2.35. The van der Waals surface area contributed by atoms with Gasteiger partial charge in [-0.2, -0.15) is 0 Å². The third kappa shape index (κ3) is 5.61. The quantitative estimate of drug-likeness (QED) is 0.836. The van der Waals surface area contributed by atoms with Crippen LogP contribution in [0.15, 0.2) is 22.7 Å². The molecule has 19 heavy (non-hydrogen) atoms. The predicted molar refractivity (Wildman–Crippen MR) is 80.0 cm³/mol. The summed E-state index contributed by atoms with van der Waals surface area (Å²) in [6, 6.07) is 5.92. The number of halogens is 1. The van der Waals surface area contributed by atoms with Crippen LogP contribution in [0.1, 0.15) is 19.4 Å². The third-order valence-electron chi connectivity index (χ3n) is 2.63. The molecule has 0 bridgehead atoms. The van der Waals surface area contributed by atoms with Crippen LogP contribution < -0.4 is 10.5 Å². The van der Waals surface area contributed by atoms with Gasteiger partial charge < -0.3 is 10.5 Å². The Morgan fingerprint density at radius 1 is 1.47 bits per heavy atom. The van der Waals surface area contributed by atoms with Crippen LogP contribution in [-0.2, 0) is 11.3 Å². The van der Waals surface area contributed by atoms with Crippen LogP contribution in [0.2, 0.25) is 0 Å². The lowest BCUT2D eigenvalue weighted by molar-refractivity contribution is -0.119. The fraction of sp³-hybridized carbons (Fsp3) is 0.500. The van der Waals surface area contributed by atoms with E-state index in [0.717, 1.165) is 22.3 Å². The van der Waals surface area contributed by atoms with E-state index in [-0.39, 0.29) is 12.5 Å². The van der Waals surface area contributed by atoms with Crippen LogP contribution in [0, 0.1) is 5.92 Å². The smallest absolute Gasteiger partial charge is 0.231 e. The number of methoxy groups -OCH3 is 1. The summed E-state index contributed by atoms with van der Waals surface area (Å²) in [5.74, 6) is 0.989. The maximum absolute atomic E-state index is 11.1. The number of amides is 1. The minimum absolute atomic E-state index is 0.280. The Bertz CT molecular complexity index is 435. The van der Waals surface area contributed by atoms with E-state index in [1.165, 1.54) is 0 Å². The molecule has 106 valence electrons. The number of benzene rings is 1. The second-order valence-electron chi connectivity index (χ2n) is 5.00. The molecule has 1 aromatic carbocycles. The molecular formula is C14H21BrN2O2. The van der Waals surface area contributed by atoms with E-state index in [4.69, 9.17) is 10.5 Å². The highest BCUT2D eigenvalue weighted by molar-refractivity contribution is 9.10. The summed E-state index contributed by atoms with van der Waals surface area (Å²) in [6.07, 6.45) is 0. The monoisotopic (exact) mass is 328 g/mol. The van der Waals surface area contributed by atoms with Crippen LogP contribution in [0.4, 0.5) is 0 Å². The van der Waals surface area contributed by atoms with Gasteiger partial charge in [-0.25, -0.2) is 0 Å². The zero-order valence-electron chi connectivity index (χ0n) is 11.6. The first kappa shape index (κ1) is 16.0. The van der Waals surface area contributed by atoms with Gasteiger partial charge in [0.2, 0.25) is 5.91 Å². The van der Waals surface area contributed by atoms with Gasteiger partial charge in [0.1, 0.15) is 5.75 Å². The number of primary amides is 1. The minimum Gasteiger partial charge on any atom is -0.496 e. The van der Waals surface area contributed by atoms with E-state index in [1.807, 2.05) is 18.2 Å². The molecule has 0 heterocycles. The van der Waals surface area contributed by atoms with Gasteiger partial charge in [-0.15, -0.1) is 0 Å². The minimum atomic E-state index is -0.298. The van der Waals surface area contributed by atoms with E-state index < -0.39 is 0 Å². The maximum Gasteiger partial charge on any atom is 0.231 e. The summed E-state index contributed by atoms with van der Waals surface area (Å²) in [4.78, 5) is 13.2. The Morgan fingerprint density at radius 2 is 2.16 bits per heavy atom. The zero-order valence-corrected chi connectivity index (χ0v) is 13.2. The highest BCUT2D eigenvalue weighted by atomic mass is 79.9. The van der Waals surface area contributed by atoms with Crippen molar-refractivity contribution in [2.45, 2.75) is 20.4 Å². The van der Waals surface area contributed by atoms with E-state index in [0.29, 0.717) is 12.5 Å². The molecule has 1 amide bonds. The molecule has 5 heteroatoms. The standard InChI is InChI=1S/C14H21BrN2O2/c1-10(2)7-17(9-14(16)18)8-11-4-5-13(19-3)12(15)6-11/h4-6,10H,7-9H2,1-3H3,(H2,16,18). The van der Waals surface area contributed by atoms with Crippen molar-refractivity contribution < 1.29 is 9.53 Å². The van der Waals surface area contributed by atoms with Crippen molar-refractivity contribution in [3.05, 3.63) is 28.2 Å². The average molecular weight is 329 g/mol. The van der Waals surface area contributed by atoms with Crippen molar-refractivity contribution in [2.24, 2.45) is 11.7 Å². The Balaban J connectivity index is 2.77. The van der Waals surface area contributed by atoms with Gasteiger partial charge in [-0.05, 0) is 39.5 Å². The number of hydrogen-bond acceptors (Lipinski definition) is 3. The molecule has 0 saturated heterocycles. The van der Waals surface area contributed by atoms with Crippen LogP contribution >= 0.6 is 15.9 Å². The summed E-state index contributed by atoms with van der Waals surface area (Å²) in [5.41, 5.74) is 6.41. The molecular weight excluding hydrogens is 308 g/mol. The molecule has 0 aliphatic heterocycles. The number of rotatable bonds is 7. The Morgan fingerprint density at radius 3 is 2.63 bits per heavy atom. The van der Waals surface area contributed by atoms with E-state index >= 15 is 0 Å². The molecule has 0 unspecified atom stereocenters. The summed E-state index contributed by atoms with van der Waals surface area (Å²) in [5, 5.41) is 0. The Kier molecular flexibility index (Phi) is 6.31. The molecule has 0 aliphatic carbocycles. The van der Waals surface area contributed by atoms with Crippen molar-refractivity contribution in [1.82, 2.24) is 4.90 Å². The molecule has 0 fully saturated rings. The molecule has 2 N–H and O–H groups in total. The van der Waals surface area contributed by atoms with Crippen LogP contribution in [0.3, 0.4) is 0 Å². The first-order valence-electron chi connectivity index (χ1n) is 6.25. The van der Waals surface area contributed by atoms with Crippen molar-refractivity contribution >= 4 is 21.8 Å². The second-order valence-corrected chi connectivity index (χ2v) is 5.85.